The maximum absolute atomic E-state index is 12.1. The van der Waals surface area contributed by atoms with E-state index in [2.05, 4.69) is 19.6 Å². The van der Waals surface area contributed by atoms with Gasteiger partial charge in [-0.15, -0.1) is 0 Å². The van der Waals surface area contributed by atoms with Crippen molar-refractivity contribution in [3.05, 3.63) is 0 Å². The molecule has 2 unspecified atom stereocenters. The first-order valence-electron chi connectivity index (χ1n) is 5.64. The van der Waals surface area contributed by atoms with Gasteiger partial charge in [-0.1, -0.05) is 20.8 Å². The first-order valence-corrected chi connectivity index (χ1v) is 6.15. The third-order valence-corrected chi connectivity index (χ3v) is 3.68. The number of nitrogens with zero attached hydrogens (tertiary/aromatic N) is 1. The average Bonchev–Trinajstić information content (AvgIpc) is 2.26. The molecule has 2 atom stereocenters. The molecular formula is C11H21NO2S. The Balaban J connectivity index is 2.63. The molecule has 4 heteroatoms. The van der Waals surface area contributed by atoms with Gasteiger partial charge in [0.2, 0.25) is 5.91 Å². The fourth-order valence-electron chi connectivity index (χ4n) is 1.74. The highest BCUT2D eigenvalue weighted by Gasteiger charge is 2.30. The topological polar surface area (TPSA) is 29.5 Å². The van der Waals surface area contributed by atoms with Gasteiger partial charge in [0.25, 0.3) is 0 Å². The maximum atomic E-state index is 12.1. The summed E-state index contributed by atoms with van der Waals surface area (Å²) in [6, 6.07) is 0.236. The molecule has 1 aliphatic heterocycles. The molecule has 1 heterocycles. The van der Waals surface area contributed by atoms with Gasteiger partial charge in [-0.25, -0.2) is 0 Å². The van der Waals surface area contributed by atoms with Gasteiger partial charge in [-0.2, -0.15) is 12.6 Å². The second-order valence-electron chi connectivity index (χ2n) is 4.36. The van der Waals surface area contributed by atoms with E-state index in [-0.39, 0.29) is 23.1 Å². The smallest absolute Gasteiger partial charge is 0.236 e. The van der Waals surface area contributed by atoms with Crippen molar-refractivity contribution < 1.29 is 9.53 Å². The van der Waals surface area contributed by atoms with Gasteiger partial charge in [0.15, 0.2) is 0 Å². The van der Waals surface area contributed by atoms with Crippen molar-refractivity contribution in [3.63, 3.8) is 0 Å². The number of thiol groups is 1. The highest BCUT2D eigenvalue weighted by Crippen LogP contribution is 2.17. The molecule has 1 aliphatic rings. The van der Waals surface area contributed by atoms with Gasteiger partial charge in [0, 0.05) is 6.54 Å². The lowest BCUT2D eigenvalue weighted by Crippen LogP contribution is -2.51. The summed E-state index contributed by atoms with van der Waals surface area (Å²) in [7, 11) is 0. The summed E-state index contributed by atoms with van der Waals surface area (Å²) in [6.45, 7) is 8.17. The summed E-state index contributed by atoms with van der Waals surface area (Å²) in [4.78, 5) is 14.0. The zero-order valence-corrected chi connectivity index (χ0v) is 10.7. The van der Waals surface area contributed by atoms with E-state index < -0.39 is 0 Å². The fraction of sp³-hybridized carbons (Fsp3) is 0.909. The zero-order chi connectivity index (χ0) is 11.4. The molecule has 0 aromatic heterocycles. The van der Waals surface area contributed by atoms with Crippen molar-refractivity contribution in [2.24, 2.45) is 5.92 Å². The molecule has 0 aromatic rings. The summed E-state index contributed by atoms with van der Waals surface area (Å²) < 4.78 is 5.37. The molecule has 3 nitrogen and oxygen atoms in total. The van der Waals surface area contributed by atoms with Crippen LogP contribution in [0.2, 0.25) is 0 Å². The van der Waals surface area contributed by atoms with E-state index in [1.807, 2.05) is 18.7 Å². The molecule has 0 saturated carbocycles. The van der Waals surface area contributed by atoms with Gasteiger partial charge in [0.1, 0.15) is 0 Å². The Labute approximate surface area is 97.6 Å². The van der Waals surface area contributed by atoms with E-state index in [1.54, 1.807) is 0 Å². The number of hydrogen-bond acceptors (Lipinski definition) is 3. The normalized spacial score (nSPS) is 24.3. The molecule has 88 valence electrons. The predicted octanol–water partition coefficient (Wildman–Crippen LogP) is 1.58. The molecule has 1 saturated heterocycles. The number of morpholine rings is 1. The molecule has 1 fully saturated rings. The predicted molar refractivity (Wildman–Crippen MR) is 64.2 cm³/mol. The summed E-state index contributed by atoms with van der Waals surface area (Å²) in [5.41, 5.74) is 0. The lowest BCUT2D eigenvalue weighted by Gasteiger charge is -2.37. The van der Waals surface area contributed by atoms with Crippen LogP contribution in [0.15, 0.2) is 0 Å². The van der Waals surface area contributed by atoms with Crippen LogP contribution in [0.4, 0.5) is 0 Å². The first-order chi connectivity index (χ1) is 7.07. The number of ether oxygens (including phenoxy) is 1. The molecule has 1 rings (SSSR count). The second-order valence-corrected chi connectivity index (χ2v) is 4.91. The number of carbonyl (C=O) groups excluding carboxylic acids is 1. The second kappa shape index (κ2) is 5.75. The highest BCUT2D eigenvalue weighted by molar-refractivity contribution is 7.81. The number of rotatable bonds is 3. The van der Waals surface area contributed by atoms with Crippen LogP contribution in [0.25, 0.3) is 0 Å². The van der Waals surface area contributed by atoms with Crippen LogP contribution in [0.5, 0.6) is 0 Å². The zero-order valence-electron chi connectivity index (χ0n) is 9.77. The molecule has 0 aliphatic carbocycles. The number of amides is 1. The molecule has 0 aromatic carbocycles. The van der Waals surface area contributed by atoms with Crippen molar-refractivity contribution in [1.82, 2.24) is 4.90 Å². The van der Waals surface area contributed by atoms with Crippen LogP contribution in [0, 0.1) is 5.92 Å². The minimum Gasteiger partial charge on any atom is -0.377 e. The van der Waals surface area contributed by atoms with E-state index in [0.717, 1.165) is 6.42 Å². The van der Waals surface area contributed by atoms with Crippen molar-refractivity contribution in [3.8, 4) is 0 Å². The van der Waals surface area contributed by atoms with E-state index >= 15 is 0 Å². The van der Waals surface area contributed by atoms with Gasteiger partial charge >= 0.3 is 0 Å². The van der Waals surface area contributed by atoms with E-state index in [9.17, 15) is 4.79 Å². The number of carbonyl (C=O) groups is 1. The Bertz CT molecular complexity index is 221. The van der Waals surface area contributed by atoms with Gasteiger partial charge in [-0.3, -0.25) is 4.79 Å². The summed E-state index contributed by atoms with van der Waals surface area (Å²) >= 11 is 4.38. The third kappa shape index (κ3) is 3.11. The van der Waals surface area contributed by atoms with Crippen molar-refractivity contribution in [1.29, 1.82) is 0 Å². The van der Waals surface area contributed by atoms with Crippen LogP contribution in [0.1, 0.15) is 27.2 Å². The Morgan fingerprint density at radius 3 is 2.80 bits per heavy atom. The van der Waals surface area contributed by atoms with Crippen LogP contribution < -0.4 is 0 Å². The molecule has 0 spiro atoms. The van der Waals surface area contributed by atoms with E-state index in [4.69, 9.17) is 4.74 Å². The summed E-state index contributed by atoms with van der Waals surface area (Å²) in [6.07, 6.45) is 0.949. The van der Waals surface area contributed by atoms with Crippen molar-refractivity contribution in [2.45, 2.75) is 38.5 Å². The van der Waals surface area contributed by atoms with E-state index in [1.165, 1.54) is 0 Å². The van der Waals surface area contributed by atoms with Crippen LogP contribution in [0.3, 0.4) is 0 Å². The summed E-state index contributed by atoms with van der Waals surface area (Å²) in [5.74, 6) is 0.435. The minimum absolute atomic E-state index is 0.156. The SMILES string of the molecule is CCC1COCCN1C(=O)C(S)C(C)C. The molecular weight excluding hydrogens is 210 g/mol. The van der Waals surface area contributed by atoms with Crippen LogP contribution in [-0.2, 0) is 9.53 Å². The average molecular weight is 231 g/mol. The lowest BCUT2D eigenvalue weighted by atomic mass is 10.1. The standard InChI is InChI=1S/C11H21NO2S/c1-4-9-7-14-6-5-12(9)11(13)10(15)8(2)3/h8-10,15H,4-7H2,1-3H3. The molecule has 0 N–H and O–H groups in total. The van der Waals surface area contributed by atoms with Gasteiger partial charge in [0.05, 0.1) is 24.5 Å². The quantitative estimate of drug-likeness (QED) is 0.747. The molecule has 0 radical (unpaired) electrons. The Kier molecular flexibility index (Phi) is 4.93. The minimum atomic E-state index is -0.183. The van der Waals surface area contributed by atoms with Crippen LogP contribution in [-0.4, -0.2) is 41.9 Å². The summed E-state index contributed by atoms with van der Waals surface area (Å²) in [5, 5.41) is -0.183. The molecule has 1 amide bonds. The van der Waals surface area contributed by atoms with E-state index in [0.29, 0.717) is 19.8 Å². The largest absolute Gasteiger partial charge is 0.377 e. The van der Waals surface area contributed by atoms with Crippen LogP contribution >= 0.6 is 12.6 Å². The highest BCUT2D eigenvalue weighted by atomic mass is 32.1. The Hall–Kier alpha value is -0.220. The van der Waals surface area contributed by atoms with Crippen molar-refractivity contribution in [2.75, 3.05) is 19.8 Å². The van der Waals surface area contributed by atoms with Gasteiger partial charge < -0.3 is 9.64 Å². The first kappa shape index (κ1) is 12.8. The Morgan fingerprint density at radius 2 is 2.27 bits per heavy atom. The molecule has 0 bridgehead atoms. The monoisotopic (exact) mass is 231 g/mol. The molecule has 15 heavy (non-hydrogen) atoms. The number of hydrogen-bond donors (Lipinski definition) is 1. The maximum Gasteiger partial charge on any atom is 0.236 e. The van der Waals surface area contributed by atoms with Gasteiger partial charge in [-0.05, 0) is 12.3 Å². The lowest BCUT2D eigenvalue weighted by molar-refractivity contribution is -0.140. The third-order valence-electron chi connectivity index (χ3n) is 2.87. The van der Waals surface area contributed by atoms with Crippen molar-refractivity contribution >= 4 is 18.5 Å². The fourth-order valence-corrected chi connectivity index (χ4v) is 1.89. The Morgan fingerprint density at radius 1 is 1.60 bits per heavy atom.